The van der Waals surface area contributed by atoms with Gasteiger partial charge in [-0.2, -0.15) is 0 Å². The molecule has 0 aliphatic rings. The lowest BCUT2D eigenvalue weighted by atomic mass is 10.1. The van der Waals surface area contributed by atoms with E-state index in [1.165, 1.54) is 4.90 Å². The van der Waals surface area contributed by atoms with E-state index in [0.29, 0.717) is 6.54 Å². The first kappa shape index (κ1) is 16.3. The van der Waals surface area contributed by atoms with E-state index in [1.54, 1.807) is 13.8 Å². The summed E-state index contributed by atoms with van der Waals surface area (Å²) in [6.07, 6.45) is 0. The predicted octanol–water partition coefficient (Wildman–Crippen LogP) is 1.51. The molecule has 0 aliphatic heterocycles. The minimum Gasteiger partial charge on any atom is -0.335 e. The molecular formula is C13H17FN2O3S. The second-order valence-electron chi connectivity index (χ2n) is 4.46. The van der Waals surface area contributed by atoms with Crippen molar-refractivity contribution in [3.8, 4) is 0 Å². The fourth-order valence-electron chi connectivity index (χ4n) is 1.74. The van der Waals surface area contributed by atoms with Crippen molar-refractivity contribution >= 4 is 15.9 Å². The Balaban J connectivity index is 3.33. The smallest absolute Gasteiger partial charge is 0.255 e. The van der Waals surface area contributed by atoms with Gasteiger partial charge in [0.1, 0.15) is 5.82 Å². The summed E-state index contributed by atoms with van der Waals surface area (Å²) in [5.41, 5.74) is 0.462. The molecule has 0 aromatic heterocycles. The van der Waals surface area contributed by atoms with Crippen LogP contribution in [0, 0.1) is 5.82 Å². The Bertz CT molecular complexity index is 641. The molecule has 1 aromatic carbocycles. The van der Waals surface area contributed by atoms with Crippen molar-refractivity contribution in [1.82, 2.24) is 4.90 Å². The van der Waals surface area contributed by atoms with Crippen LogP contribution in [0.5, 0.6) is 0 Å². The highest BCUT2D eigenvalue weighted by atomic mass is 32.2. The Morgan fingerprint density at radius 1 is 1.45 bits per heavy atom. The molecule has 2 N–H and O–H groups in total. The molecule has 0 bridgehead atoms. The average Bonchev–Trinajstić information content (AvgIpc) is 2.33. The minimum atomic E-state index is -4.10. The van der Waals surface area contributed by atoms with Crippen LogP contribution in [0.3, 0.4) is 0 Å². The van der Waals surface area contributed by atoms with Crippen LogP contribution in [0.4, 0.5) is 4.39 Å². The number of nitrogens with zero attached hydrogens (tertiary/aromatic N) is 1. The van der Waals surface area contributed by atoms with Crippen LogP contribution < -0.4 is 5.14 Å². The number of hydrogen-bond donors (Lipinski definition) is 1. The topological polar surface area (TPSA) is 80.5 Å². The standard InChI is InChI=1S/C13H17FN2O3S/c1-4-16(8-9(2)3)13(17)11-7-10(14)5-6-12(11)20(15,18)19/h5-7H,2,4,8H2,1,3H3,(H2,15,18,19). The first-order chi connectivity index (χ1) is 9.16. The lowest BCUT2D eigenvalue weighted by molar-refractivity contribution is 0.0774. The van der Waals surface area contributed by atoms with E-state index in [0.717, 1.165) is 23.8 Å². The lowest BCUT2D eigenvalue weighted by Gasteiger charge is -2.22. The molecule has 20 heavy (non-hydrogen) atoms. The van der Waals surface area contributed by atoms with Crippen molar-refractivity contribution < 1.29 is 17.6 Å². The van der Waals surface area contributed by atoms with Crippen LogP contribution in [0.15, 0.2) is 35.2 Å². The van der Waals surface area contributed by atoms with E-state index in [4.69, 9.17) is 5.14 Å². The van der Waals surface area contributed by atoms with E-state index >= 15 is 0 Å². The third-order valence-corrected chi connectivity index (χ3v) is 3.58. The van der Waals surface area contributed by atoms with Gasteiger partial charge in [-0.25, -0.2) is 17.9 Å². The highest BCUT2D eigenvalue weighted by Gasteiger charge is 2.23. The van der Waals surface area contributed by atoms with Gasteiger partial charge in [0.15, 0.2) is 0 Å². The SMILES string of the molecule is C=C(C)CN(CC)C(=O)c1cc(F)ccc1S(N)(=O)=O. The Morgan fingerprint density at radius 2 is 2.05 bits per heavy atom. The normalized spacial score (nSPS) is 11.2. The van der Waals surface area contributed by atoms with Gasteiger partial charge in [0, 0.05) is 13.1 Å². The van der Waals surface area contributed by atoms with Gasteiger partial charge in [0.2, 0.25) is 10.0 Å². The van der Waals surface area contributed by atoms with Gasteiger partial charge in [0.05, 0.1) is 10.5 Å². The number of hydrogen-bond acceptors (Lipinski definition) is 3. The molecular weight excluding hydrogens is 283 g/mol. The number of benzene rings is 1. The fourth-order valence-corrected chi connectivity index (χ4v) is 2.45. The van der Waals surface area contributed by atoms with Gasteiger partial charge in [-0.3, -0.25) is 4.79 Å². The summed E-state index contributed by atoms with van der Waals surface area (Å²) >= 11 is 0. The Kier molecular flexibility index (Phi) is 5.02. The maximum absolute atomic E-state index is 13.3. The molecule has 5 nitrogen and oxygen atoms in total. The summed E-state index contributed by atoms with van der Waals surface area (Å²) in [5.74, 6) is -1.30. The van der Waals surface area contributed by atoms with Crippen LogP contribution >= 0.6 is 0 Å². The molecule has 0 saturated heterocycles. The number of likely N-dealkylation sites (N-methyl/N-ethyl adjacent to an activating group) is 1. The zero-order valence-corrected chi connectivity index (χ0v) is 12.2. The monoisotopic (exact) mass is 300 g/mol. The quantitative estimate of drug-likeness (QED) is 0.837. The summed E-state index contributed by atoms with van der Waals surface area (Å²) in [4.78, 5) is 13.3. The number of carbonyl (C=O) groups is 1. The average molecular weight is 300 g/mol. The highest BCUT2D eigenvalue weighted by Crippen LogP contribution is 2.18. The van der Waals surface area contributed by atoms with Gasteiger partial charge in [0.25, 0.3) is 5.91 Å². The van der Waals surface area contributed by atoms with Crippen LogP contribution in [-0.4, -0.2) is 32.3 Å². The molecule has 0 radical (unpaired) electrons. The van der Waals surface area contributed by atoms with Gasteiger partial charge >= 0.3 is 0 Å². The third-order valence-electron chi connectivity index (χ3n) is 2.61. The highest BCUT2D eigenvalue weighted by molar-refractivity contribution is 7.89. The number of amides is 1. The molecule has 1 aromatic rings. The Labute approximate surface area is 117 Å². The van der Waals surface area contributed by atoms with Crippen LogP contribution in [0.2, 0.25) is 0 Å². The molecule has 0 saturated carbocycles. The van der Waals surface area contributed by atoms with Gasteiger partial charge in [-0.15, -0.1) is 0 Å². The predicted molar refractivity (Wildman–Crippen MR) is 74.2 cm³/mol. The van der Waals surface area contributed by atoms with E-state index in [1.807, 2.05) is 0 Å². The molecule has 0 heterocycles. The Morgan fingerprint density at radius 3 is 2.50 bits per heavy atom. The number of carbonyl (C=O) groups excluding carboxylic acids is 1. The molecule has 0 unspecified atom stereocenters. The van der Waals surface area contributed by atoms with E-state index < -0.39 is 21.7 Å². The number of sulfonamides is 1. The van der Waals surface area contributed by atoms with Crippen molar-refractivity contribution in [2.75, 3.05) is 13.1 Å². The number of halogens is 1. The number of rotatable bonds is 5. The molecule has 0 fully saturated rings. The fraction of sp³-hybridized carbons (Fsp3) is 0.308. The van der Waals surface area contributed by atoms with Gasteiger partial charge in [-0.1, -0.05) is 12.2 Å². The van der Waals surface area contributed by atoms with Crippen LogP contribution in [0.1, 0.15) is 24.2 Å². The zero-order chi connectivity index (χ0) is 15.5. The van der Waals surface area contributed by atoms with Gasteiger partial charge < -0.3 is 4.90 Å². The second-order valence-corrected chi connectivity index (χ2v) is 5.99. The van der Waals surface area contributed by atoms with E-state index in [9.17, 15) is 17.6 Å². The molecule has 1 rings (SSSR count). The summed E-state index contributed by atoms with van der Waals surface area (Å²) < 4.78 is 36.2. The number of nitrogens with two attached hydrogens (primary N) is 1. The summed E-state index contributed by atoms with van der Waals surface area (Å²) in [5, 5.41) is 5.05. The van der Waals surface area contributed by atoms with Crippen molar-refractivity contribution in [2.45, 2.75) is 18.7 Å². The zero-order valence-electron chi connectivity index (χ0n) is 11.4. The first-order valence-corrected chi connectivity index (χ1v) is 7.47. The lowest BCUT2D eigenvalue weighted by Crippen LogP contribution is -2.33. The van der Waals surface area contributed by atoms with Crippen LogP contribution in [-0.2, 0) is 10.0 Å². The largest absolute Gasteiger partial charge is 0.335 e. The second kappa shape index (κ2) is 6.15. The van der Waals surface area contributed by atoms with E-state index in [-0.39, 0.29) is 17.0 Å². The van der Waals surface area contributed by atoms with E-state index in [2.05, 4.69) is 6.58 Å². The van der Waals surface area contributed by atoms with Crippen molar-refractivity contribution in [1.29, 1.82) is 0 Å². The Hall–Kier alpha value is -1.73. The van der Waals surface area contributed by atoms with Crippen molar-refractivity contribution in [2.24, 2.45) is 5.14 Å². The maximum Gasteiger partial charge on any atom is 0.255 e. The van der Waals surface area contributed by atoms with Crippen LogP contribution in [0.25, 0.3) is 0 Å². The molecule has 110 valence electrons. The summed E-state index contributed by atoms with van der Waals surface area (Å²) in [6, 6.07) is 2.82. The minimum absolute atomic E-state index is 0.260. The molecule has 0 atom stereocenters. The molecule has 1 amide bonds. The van der Waals surface area contributed by atoms with Crippen molar-refractivity contribution in [3.63, 3.8) is 0 Å². The molecule has 7 heteroatoms. The van der Waals surface area contributed by atoms with Crippen molar-refractivity contribution in [3.05, 3.63) is 41.7 Å². The summed E-state index contributed by atoms with van der Waals surface area (Å²) in [7, 11) is -4.10. The molecule has 0 aliphatic carbocycles. The van der Waals surface area contributed by atoms with Gasteiger partial charge in [-0.05, 0) is 32.0 Å². The molecule has 0 spiro atoms. The first-order valence-electron chi connectivity index (χ1n) is 5.92. The summed E-state index contributed by atoms with van der Waals surface area (Å²) in [6.45, 7) is 7.77. The number of primary sulfonamides is 1. The maximum atomic E-state index is 13.3. The third kappa shape index (κ3) is 3.88.